The molecule has 1 saturated heterocycles. The van der Waals surface area contributed by atoms with Crippen LogP contribution in [0.5, 0.6) is 0 Å². The smallest absolute Gasteiger partial charge is 0.356 e. The van der Waals surface area contributed by atoms with E-state index in [1.54, 1.807) is 20.8 Å². The lowest BCUT2D eigenvalue weighted by molar-refractivity contribution is -0.179. The molecule has 2 aliphatic heterocycles. The number of aromatic nitrogens is 1. The van der Waals surface area contributed by atoms with E-state index in [9.17, 15) is 19.2 Å². The Kier molecular flexibility index (Phi) is 10.3. The lowest BCUT2D eigenvalue weighted by atomic mass is 10.0. The van der Waals surface area contributed by atoms with Crippen LogP contribution in [0.4, 0.5) is 5.13 Å². The van der Waals surface area contributed by atoms with Crippen LogP contribution in [0.15, 0.2) is 95.1 Å². The number of benzene rings is 2. The van der Waals surface area contributed by atoms with Crippen molar-refractivity contribution in [3.8, 4) is 0 Å². The molecule has 0 saturated carbocycles. The van der Waals surface area contributed by atoms with Gasteiger partial charge in [0.25, 0.3) is 11.8 Å². The number of carbonyl (C=O) groups is 4. The first-order valence-electron chi connectivity index (χ1n) is 15.3. The average molecular weight is 704 g/mol. The van der Waals surface area contributed by atoms with Gasteiger partial charge in [0, 0.05) is 11.1 Å². The van der Waals surface area contributed by atoms with Gasteiger partial charge in [0.05, 0.1) is 0 Å². The van der Waals surface area contributed by atoms with Gasteiger partial charge in [-0.15, -0.1) is 23.1 Å². The summed E-state index contributed by atoms with van der Waals surface area (Å²) in [4.78, 5) is 65.0. The molecule has 2 amide bonds. The van der Waals surface area contributed by atoms with Crippen molar-refractivity contribution < 1.29 is 33.5 Å². The summed E-state index contributed by atoms with van der Waals surface area (Å²) in [7, 11) is 0. The van der Waals surface area contributed by atoms with Gasteiger partial charge in [-0.1, -0.05) is 78.5 Å². The fourth-order valence-corrected chi connectivity index (χ4v) is 6.83. The molecule has 14 heteroatoms. The fraction of sp³-hybridized carbons (Fsp3) is 0.314. The van der Waals surface area contributed by atoms with Crippen LogP contribution in [-0.4, -0.2) is 67.7 Å². The number of thiazole rings is 1. The monoisotopic (exact) mass is 703 g/mol. The first-order valence-corrected chi connectivity index (χ1v) is 17.3. The number of nitrogens with zero attached hydrogens (tertiary/aromatic N) is 3. The van der Waals surface area contributed by atoms with Gasteiger partial charge in [0.15, 0.2) is 16.9 Å². The molecule has 12 nitrogen and oxygen atoms in total. The molecule has 3 aromatic rings. The first-order chi connectivity index (χ1) is 23.2. The number of allylic oxidation sites excluding steroid dienone is 1. The van der Waals surface area contributed by atoms with E-state index in [4.69, 9.17) is 20.0 Å². The fourth-order valence-electron chi connectivity index (χ4n) is 4.94. The Balaban J connectivity index is 1.36. The number of carbonyl (C=O) groups excluding carboxylic acids is 4. The van der Waals surface area contributed by atoms with Crippen molar-refractivity contribution in [3.05, 3.63) is 107 Å². The number of rotatable bonds is 11. The molecule has 5 rings (SSSR count). The maximum absolute atomic E-state index is 13.9. The normalized spacial score (nSPS) is 18.0. The zero-order valence-corrected chi connectivity index (χ0v) is 29.3. The Labute approximate surface area is 292 Å². The quantitative estimate of drug-likeness (QED) is 0.124. The predicted molar refractivity (Wildman–Crippen MR) is 187 cm³/mol. The lowest BCUT2D eigenvalue weighted by Crippen LogP contribution is -2.71. The highest BCUT2D eigenvalue weighted by Gasteiger charge is 2.55. The number of nitrogen functional groups attached to an aromatic ring is 1. The number of esters is 2. The maximum atomic E-state index is 13.9. The molecule has 0 aliphatic carbocycles. The Bertz CT molecular complexity index is 1780. The van der Waals surface area contributed by atoms with E-state index in [0.717, 1.165) is 22.5 Å². The molecule has 49 heavy (non-hydrogen) atoms. The summed E-state index contributed by atoms with van der Waals surface area (Å²) in [5.41, 5.74) is 5.38. The number of fused-ring (bicyclic) bond motifs is 1. The molecule has 0 radical (unpaired) electrons. The van der Waals surface area contributed by atoms with Crippen molar-refractivity contribution in [1.29, 1.82) is 0 Å². The number of hydrogen-bond donors (Lipinski definition) is 2. The topological polar surface area (TPSA) is 163 Å². The van der Waals surface area contributed by atoms with Crippen LogP contribution in [0.25, 0.3) is 0 Å². The second kappa shape index (κ2) is 14.3. The number of β-lactam (4-membered cyclic amide) rings is 1. The minimum atomic E-state index is -1.57. The number of nitrogens with two attached hydrogens (primary N) is 1. The number of oxime groups is 1. The highest BCUT2D eigenvalue weighted by molar-refractivity contribution is 8.00. The van der Waals surface area contributed by atoms with Gasteiger partial charge in [-0.25, -0.2) is 14.6 Å². The van der Waals surface area contributed by atoms with E-state index < -0.39 is 52.5 Å². The zero-order chi connectivity index (χ0) is 35.5. The van der Waals surface area contributed by atoms with E-state index in [1.165, 1.54) is 42.0 Å². The van der Waals surface area contributed by atoms with E-state index in [2.05, 4.69) is 22.0 Å². The minimum Gasteiger partial charge on any atom is -0.457 e. The van der Waals surface area contributed by atoms with Gasteiger partial charge in [-0.3, -0.25) is 14.5 Å². The Morgan fingerprint density at radius 3 is 2.20 bits per heavy atom. The molecule has 2 atom stereocenters. The number of amides is 2. The lowest BCUT2D eigenvalue weighted by Gasteiger charge is -2.49. The van der Waals surface area contributed by atoms with Crippen molar-refractivity contribution >= 4 is 57.7 Å². The molecular weight excluding hydrogens is 667 g/mol. The largest absolute Gasteiger partial charge is 0.457 e. The van der Waals surface area contributed by atoms with E-state index in [-0.39, 0.29) is 22.2 Å². The Hall–Kier alpha value is -4.95. The highest BCUT2D eigenvalue weighted by Crippen LogP contribution is 2.42. The summed E-state index contributed by atoms with van der Waals surface area (Å²) in [5.74, 6) is -2.38. The van der Waals surface area contributed by atoms with E-state index >= 15 is 0 Å². The molecule has 1 aromatic heterocycles. The van der Waals surface area contributed by atoms with Crippen LogP contribution < -0.4 is 11.1 Å². The Morgan fingerprint density at radius 1 is 1.06 bits per heavy atom. The average Bonchev–Trinajstić information content (AvgIpc) is 3.50. The molecular formula is C35H37N5O7S2. The summed E-state index contributed by atoms with van der Waals surface area (Å²) in [6, 6.07) is 17.6. The third kappa shape index (κ3) is 7.86. The minimum absolute atomic E-state index is 0.0646. The maximum Gasteiger partial charge on any atom is 0.356 e. The standard InChI is InChI=1S/C35H37N5O7S2/c1-7-20-18-48-30-25(38-28(41)24(23-19-49-33(36)37-23)39-47-35(5,6)32(44)46-34(2,3)4)29(42)40(30)26(20)31(43)45-27(21-14-10-8-11-15-21)22-16-12-9-13-17-22/h7-17,19,25,27,30H,1,18H2,2-6H3,(H2,36,37)(H,38,41)/b39-24+/t25?,30-/m1/s1. The van der Waals surface area contributed by atoms with E-state index in [0.29, 0.717) is 11.3 Å². The third-order valence-corrected chi connectivity index (χ3v) is 9.36. The molecule has 1 fully saturated rings. The summed E-state index contributed by atoms with van der Waals surface area (Å²) < 4.78 is 11.5. The highest BCUT2D eigenvalue weighted by atomic mass is 32.2. The number of hydrogen-bond acceptors (Lipinski definition) is 12. The van der Waals surface area contributed by atoms with Gasteiger partial charge >= 0.3 is 11.9 Å². The van der Waals surface area contributed by atoms with Crippen molar-refractivity contribution in [3.63, 3.8) is 0 Å². The molecule has 3 N–H and O–H groups in total. The first kappa shape index (κ1) is 35.4. The molecule has 0 bridgehead atoms. The summed E-state index contributed by atoms with van der Waals surface area (Å²) in [6.07, 6.45) is 0.794. The molecule has 2 aliphatic rings. The van der Waals surface area contributed by atoms with Crippen molar-refractivity contribution in [2.45, 2.75) is 63.3 Å². The molecule has 256 valence electrons. The second-order valence-electron chi connectivity index (χ2n) is 12.7. The van der Waals surface area contributed by atoms with Gasteiger partial charge in [-0.2, -0.15) is 0 Å². The predicted octanol–water partition coefficient (Wildman–Crippen LogP) is 4.74. The van der Waals surface area contributed by atoms with Gasteiger partial charge in [-0.05, 0) is 51.3 Å². The second-order valence-corrected chi connectivity index (χ2v) is 14.7. The van der Waals surface area contributed by atoms with Gasteiger partial charge in [0.2, 0.25) is 5.60 Å². The SMILES string of the molecule is C=CC1=C(C(=O)OC(c2ccccc2)c2ccccc2)N2C(=O)C(NC(=O)/C(=N/OC(C)(C)C(=O)OC(C)(C)C)c3csc(N)n3)[C@H]2SC1. The van der Waals surface area contributed by atoms with Crippen LogP contribution in [-0.2, 0) is 33.5 Å². The van der Waals surface area contributed by atoms with Gasteiger partial charge < -0.3 is 25.4 Å². The number of anilines is 1. The molecule has 3 heterocycles. The molecule has 2 aromatic carbocycles. The van der Waals surface area contributed by atoms with Crippen LogP contribution in [0, 0.1) is 0 Å². The van der Waals surface area contributed by atoms with Crippen molar-refractivity contribution in [2.75, 3.05) is 11.5 Å². The summed E-state index contributed by atoms with van der Waals surface area (Å²) in [5, 5.41) is 7.75. The van der Waals surface area contributed by atoms with Crippen LogP contribution >= 0.6 is 23.1 Å². The van der Waals surface area contributed by atoms with Crippen LogP contribution in [0.1, 0.15) is 57.5 Å². The molecule has 1 unspecified atom stereocenters. The van der Waals surface area contributed by atoms with Crippen LogP contribution in [0.2, 0.25) is 0 Å². The third-order valence-electron chi connectivity index (χ3n) is 7.39. The number of nitrogens with one attached hydrogen (secondary N) is 1. The number of ether oxygens (including phenoxy) is 2. The van der Waals surface area contributed by atoms with Crippen molar-refractivity contribution in [2.24, 2.45) is 5.16 Å². The van der Waals surface area contributed by atoms with Gasteiger partial charge in [0.1, 0.15) is 28.4 Å². The zero-order valence-electron chi connectivity index (χ0n) is 27.7. The van der Waals surface area contributed by atoms with Crippen LogP contribution in [0.3, 0.4) is 0 Å². The van der Waals surface area contributed by atoms with E-state index in [1.807, 2.05) is 60.7 Å². The summed E-state index contributed by atoms with van der Waals surface area (Å²) >= 11 is 2.43. The Morgan fingerprint density at radius 2 is 1.67 bits per heavy atom. The number of thioether (sulfide) groups is 1. The van der Waals surface area contributed by atoms with Crippen molar-refractivity contribution in [1.82, 2.24) is 15.2 Å². The molecule has 0 spiro atoms. The summed E-state index contributed by atoms with van der Waals surface area (Å²) in [6.45, 7) is 11.9.